The summed E-state index contributed by atoms with van der Waals surface area (Å²) in [5.74, 6) is -2.09. The first-order valence-corrected chi connectivity index (χ1v) is 13.4. The molecule has 15 nitrogen and oxygen atoms in total. The molecule has 0 fully saturated rings. The van der Waals surface area contributed by atoms with E-state index in [0.717, 1.165) is 0 Å². The van der Waals surface area contributed by atoms with E-state index in [1.54, 1.807) is 13.8 Å². The van der Waals surface area contributed by atoms with Gasteiger partial charge in [0.1, 0.15) is 18.3 Å². The lowest BCUT2D eigenvalue weighted by atomic mass is 10.2. The Hall–Kier alpha value is -4.96. The largest absolute Gasteiger partial charge is 0.428 e. The molecule has 4 rings (SSSR count). The number of amides is 2. The lowest BCUT2D eigenvalue weighted by molar-refractivity contribution is -0.177. The summed E-state index contributed by atoms with van der Waals surface area (Å²) in [5.41, 5.74) is -0.159. The molecule has 216 valence electrons. The number of para-hydroxylation sites is 1. The van der Waals surface area contributed by atoms with Crippen molar-refractivity contribution in [1.82, 2.24) is 14.9 Å². The average molecular weight is 588 g/mol. The highest BCUT2D eigenvalue weighted by atomic mass is 32.2. The molecule has 1 unspecified atom stereocenters. The fourth-order valence-electron chi connectivity index (χ4n) is 3.61. The maximum atomic E-state index is 12.8. The number of carbonyl (C=O) groups is 2. The zero-order chi connectivity index (χ0) is 29.9. The summed E-state index contributed by atoms with van der Waals surface area (Å²) in [6.45, 7) is 3.99. The molecule has 2 amide bonds. The van der Waals surface area contributed by atoms with Crippen LogP contribution in [0.25, 0.3) is 11.0 Å². The number of benzene rings is 2. The van der Waals surface area contributed by atoms with Crippen molar-refractivity contribution < 1.29 is 36.6 Å². The van der Waals surface area contributed by atoms with Gasteiger partial charge < -0.3 is 24.4 Å². The molecule has 2 aromatic carbocycles. The maximum absolute atomic E-state index is 12.8. The van der Waals surface area contributed by atoms with Crippen LogP contribution in [0.2, 0.25) is 0 Å². The summed E-state index contributed by atoms with van der Waals surface area (Å²) in [4.78, 5) is 63.7. The molecule has 2 heterocycles. The van der Waals surface area contributed by atoms with E-state index in [0.29, 0.717) is 16.0 Å². The lowest BCUT2D eigenvalue weighted by Crippen LogP contribution is -2.45. The highest BCUT2D eigenvalue weighted by Gasteiger charge is 2.21. The van der Waals surface area contributed by atoms with Gasteiger partial charge in [0.05, 0.1) is 23.1 Å². The van der Waals surface area contributed by atoms with E-state index >= 15 is 0 Å². The molecule has 16 heteroatoms. The van der Waals surface area contributed by atoms with Crippen LogP contribution in [0.5, 0.6) is 5.75 Å². The summed E-state index contributed by atoms with van der Waals surface area (Å²) >= 11 is 0. The average Bonchev–Trinajstić information content (AvgIpc) is 3.22. The van der Waals surface area contributed by atoms with Crippen LogP contribution in [0, 0.1) is 13.8 Å². The van der Waals surface area contributed by atoms with Gasteiger partial charge in [0.25, 0.3) is 15.6 Å². The maximum Gasteiger partial charge on any atom is 0.422 e. The molecule has 3 N–H and O–H groups in total. The number of hydrogen-bond acceptors (Lipinski definition) is 11. The number of sulfonamides is 1. The van der Waals surface area contributed by atoms with Crippen molar-refractivity contribution >= 4 is 44.5 Å². The summed E-state index contributed by atoms with van der Waals surface area (Å²) in [7, 11) is -2.76. The molecule has 0 aliphatic carbocycles. The van der Waals surface area contributed by atoms with Gasteiger partial charge in [0.15, 0.2) is 5.58 Å². The van der Waals surface area contributed by atoms with Crippen molar-refractivity contribution in [3.63, 3.8) is 0 Å². The molecule has 1 atom stereocenters. The fourth-order valence-corrected chi connectivity index (χ4v) is 4.54. The second-order valence-electron chi connectivity index (χ2n) is 8.71. The Balaban J connectivity index is 1.39. The van der Waals surface area contributed by atoms with E-state index in [4.69, 9.17) is 13.7 Å². The molecule has 2 aromatic heterocycles. The van der Waals surface area contributed by atoms with Crippen molar-refractivity contribution in [3.8, 4) is 5.75 Å². The second kappa shape index (κ2) is 11.6. The Morgan fingerprint density at radius 2 is 1.78 bits per heavy atom. The second-order valence-corrected chi connectivity index (χ2v) is 10.4. The van der Waals surface area contributed by atoms with E-state index < -0.39 is 45.7 Å². The minimum Gasteiger partial charge on any atom is -0.428 e. The number of nitrogens with one attached hydrogen (secondary N) is 3. The van der Waals surface area contributed by atoms with Gasteiger partial charge in [-0.15, -0.1) is 0 Å². The number of anilines is 2. The van der Waals surface area contributed by atoms with Gasteiger partial charge >= 0.3 is 11.8 Å². The Bertz CT molecular complexity index is 1820. The topological polar surface area (TPSA) is 201 Å². The molecular weight excluding hydrogens is 562 g/mol. The molecule has 0 aliphatic rings. The lowest BCUT2D eigenvalue weighted by Gasteiger charge is -2.15. The summed E-state index contributed by atoms with van der Waals surface area (Å²) in [6.07, 6.45) is 0. The molecule has 41 heavy (non-hydrogen) atoms. The van der Waals surface area contributed by atoms with Gasteiger partial charge in [0.2, 0.25) is 17.6 Å². The zero-order valence-corrected chi connectivity index (χ0v) is 23.0. The number of nitrogens with zero attached hydrogens (tertiary/aromatic N) is 2. The van der Waals surface area contributed by atoms with E-state index in [2.05, 4.69) is 25.2 Å². The van der Waals surface area contributed by atoms with E-state index in [1.165, 1.54) is 56.5 Å². The van der Waals surface area contributed by atoms with Gasteiger partial charge in [-0.2, -0.15) is 9.87 Å². The standard InChI is InChI=1S/C25H25N5O10S/c1-13-15(3)38-24(27-13)29-41(35,36)17-10-8-16(9-11-17)28-22(32)14(2)26-20(31)12-30-23(33)18-6-5-7-19(40-37-4)21(18)39-25(30)34/h5-11,14H,12H2,1-4H3,(H,26,31)(H,27,29)(H,28,32). The Labute approximate surface area is 232 Å². The number of aryl methyl sites for hydroxylation is 2. The Morgan fingerprint density at radius 1 is 1.07 bits per heavy atom. The first-order valence-electron chi connectivity index (χ1n) is 11.9. The van der Waals surface area contributed by atoms with Crippen LogP contribution in [0.4, 0.5) is 11.7 Å². The molecular formula is C25H25N5O10S. The zero-order valence-electron chi connectivity index (χ0n) is 22.2. The normalized spacial score (nSPS) is 12.1. The summed E-state index contributed by atoms with van der Waals surface area (Å²) in [6, 6.07) is 8.26. The highest BCUT2D eigenvalue weighted by molar-refractivity contribution is 7.92. The number of carbonyl (C=O) groups excluding carboxylic acids is 2. The molecule has 0 aliphatic heterocycles. The van der Waals surface area contributed by atoms with Gasteiger partial charge in [-0.25, -0.2) is 22.5 Å². The Morgan fingerprint density at radius 3 is 2.41 bits per heavy atom. The number of fused-ring (bicyclic) bond motifs is 1. The van der Waals surface area contributed by atoms with E-state index in [-0.39, 0.29) is 33.3 Å². The van der Waals surface area contributed by atoms with Crippen LogP contribution in [0.15, 0.2) is 65.8 Å². The van der Waals surface area contributed by atoms with Crippen molar-refractivity contribution in [2.24, 2.45) is 0 Å². The minimum absolute atomic E-state index is 0.00249. The molecule has 0 bridgehead atoms. The van der Waals surface area contributed by atoms with Crippen molar-refractivity contribution in [2.75, 3.05) is 17.1 Å². The quantitative estimate of drug-likeness (QED) is 0.179. The highest BCUT2D eigenvalue weighted by Crippen LogP contribution is 2.22. The smallest absolute Gasteiger partial charge is 0.422 e. The first kappa shape index (κ1) is 29.0. The fraction of sp³-hybridized carbons (Fsp3) is 0.240. The molecule has 0 radical (unpaired) electrons. The number of aromatic nitrogens is 2. The van der Waals surface area contributed by atoms with Crippen LogP contribution in [-0.4, -0.2) is 42.9 Å². The Kier molecular flexibility index (Phi) is 8.25. The number of hydrogen-bond donors (Lipinski definition) is 3. The number of oxazole rings is 1. The minimum atomic E-state index is -4.00. The van der Waals surface area contributed by atoms with Gasteiger partial charge in [-0.1, -0.05) is 6.07 Å². The first-order chi connectivity index (χ1) is 19.4. The SMILES string of the molecule is COOc1cccc2c(=O)n(CC(=O)NC(C)C(=O)Nc3ccc(S(=O)(=O)Nc4nc(C)c(C)o4)cc3)c(=O)oc12. The third-order valence-corrected chi connectivity index (χ3v) is 7.13. The van der Waals surface area contributed by atoms with Gasteiger partial charge in [-0.05, 0) is 57.2 Å². The van der Waals surface area contributed by atoms with E-state index in [9.17, 15) is 27.6 Å². The third-order valence-electron chi connectivity index (χ3n) is 5.79. The van der Waals surface area contributed by atoms with Crippen LogP contribution >= 0.6 is 0 Å². The predicted octanol–water partition coefficient (Wildman–Crippen LogP) is 1.44. The third kappa shape index (κ3) is 6.44. The van der Waals surface area contributed by atoms with Crippen LogP contribution in [0.1, 0.15) is 18.4 Å². The molecule has 0 saturated carbocycles. The predicted molar refractivity (Wildman–Crippen MR) is 144 cm³/mol. The van der Waals surface area contributed by atoms with Gasteiger partial charge in [-0.3, -0.25) is 14.4 Å². The van der Waals surface area contributed by atoms with Crippen LogP contribution in [0.3, 0.4) is 0 Å². The summed E-state index contributed by atoms with van der Waals surface area (Å²) < 4.78 is 38.4. The van der Waals surface area contributed by atoms with E-state index in [1.807, 2.05) is 0 Å². The van der Waals surface area contributed by atoms with Gasteiger partial charge in [0, 0.05) is 5.69 Å². The number of rotatable bonds is 10. The summed E-state index contributed by atoms with van der Waals surface area (Å²) in [5, 5.41) is 4.91. The van der Waals surface area contributed by atoms with Crippen molar-refractivity contribution in [3.05, 3.63) is 74.8 Å². The molecule has 0 spiro atoms. The van der Waals surface area contributed by atoms with Crippen LogP contribution in [-0.2, 0) is 31.0 Å². The van der Waals surface area contributed by atoms with Crippen LogP contribution < -0.4 is 31.6 Å². The van der Waals surface area contributed by atoms with Crippen molar-refractivity contribution in [1.29, 1.82) is 0 Å². The monoisotopic (exact) mass is 587 g/mol. The molecule has 0 saturated heterocycles. The molecule has 4 aromatic rings. The van der Waals surface area contributed by atoms with Crippen molar-refractivity contribution in [2.45, 2.75) is 38.3 Å².